The lowest BCUT2D eigenvalue weighted by molar-refractivity contribution is -0.125. The van der Waals surface area contributed by atoms with Gasteiger partial charge in [-0.2, -0.15) is 0 Å². The Balaban J connectivity index is 3.69. The van der Waals surface area contributed by atoms with E-state index in [4.69, 9.17) is 0 Å². The van der Waals surface area contributed by atoms with E-state index in [1.165, 1.54) is 44.9 Å². The zero-order valence-electron chi connectivity index (χ0n) is 11.3. The first-order chi connectivity index (χ1) is 7.76. The molecule has 1 unspecified atom stereocenters. The molecule has 0 radical (unpaired) electrons. The molecule has 0 saturated carbocycles. The number of carbonyl (C=O) groups excluding carboxylic acids is 1. The van der Waals surface area contributed by atoms with Crippen LogP contribution < -0.4 is 5.32 Å². The van der Waals surface area contributed by atoms with Gasteiger partial charge in [-0.25, -0.2) is 0 Å². The average molecular weight is 227 g/mol. The number of unbranched alkanes of at least 4 members (excludes halogenated alkanes) is 5. The van der Waals surface area contributed by atoms with Crippen LogP contribution >= 0.6 is 0 Å². The first-order valence-corrected chi connectivity index (χ1v) is 6.97. The van der Waals surface area contributed by atoms with Gasteiger partial charge < -0.3 is 5.32 Å². The average Bonchev–Trinajstić information content (AvgIpc) is 2.31. The van der Waals surface area contributed by atoms with E-state index >= 15 is 0 Å². The number of nitrogens with one attached hydrogen (secondary N) is 1. The maximum atomic E-state index is 11.6. The molecule has 0 fully saturated rings. The van der Waals surface area contributed by atoms with Gasteiger partial charge in [0, 0.05) is 13.0 Å². The SMILES string of the molecule is CCCCCCCC(CCCC)C(=O)NC. The monoisotopic (exact) mass is 227 g/mol. The van der Waals surface area contributed by atoms with Gasteiger partial charge in [0.25, 0.3) is 0 Å². The molecule has 0 aromatic heterocycles. The maximum Gasteiger partial charge on any atom is 0.222 e. The second-order valence-electron chi connectivity index (χ2n) is 4.66. The van der Waals surface area contributed by atoms with Gasteiger partial charge in [0.05, 0.1) is 0 Å². The molecule has 0 aliphatic rings. The van der Waals surface area contributed by atoms with Gasteiger partial charge in [0.1, 0.15) is 0 Å². The molecule has 16 heavy (non-hydrogen) atoms. The molecule has 1 amide bonds. The summed E-state index contributed by atoms with van der Waals surface area (Å²) in [5.74, 6) is 0.496. The van der Waals surface area contributed by atoms with E-state index in [2.05, 4.69) is 19.2 Å². The van der Waals surface area contributed by atoms with Crippen LogP contribution in [-0.2, 0) is 4.79 Å². The van der Waals surface area contributed by atoms with Crippen molar-refractivity contribution in [1.29, 1.82) is 0 Å². The molecule has 0 spiro atoms. The Morgan fingerprint density at radius 1 is 0.938 bits per heavy atom. The third-order valence-electron chi connectivity index (χ3n) is 3.18. The molecule has 0 bridgehead atoms. The second-order valence-corrected chi connectivity index (χ2v) is 4.66. The van der Waals surface area contributed by atoms with Crippen LogP contribution in [0.5, 0.6) is 0 Å². The first-order valence-electron chi connectivity index (χ1n) is 6.97. The van der Waals surface area contributed by atoms with Gasteiger partial charge in [0.2, 0.25) is 5.91 Å². The quantitative estimate of drug-likeness (QED) is 0.563. The molecule has 2 heteroatoms. The summed E-state index contributed by atoms with van der Waals surface area (Å²) in [5, 5.41) is 2.79. The highest BCUT2D eigenvalue weighted by Crippen LogP contribution is 2.17. The lowest BCUT2D eigenvalue weighted by Crippen LogP contribution is -2.27. The van der Waals surface area contributed by atoms with Crippen LogP contribution in [0.2, 0.25) is 0 Å². The number of carbonyl (C=O) groups is 1. The Hall–Kier alpha value is -0.530. The molecule has 0 aliphatic carbocycles. The van der Waals surface area contributed by atoms with Crippen molar-refractivity contribution in [2.24, 2.45) is 5.92 Å². The topological polar surface area (TPSA) is 29.1 Å². The minimum absolute atomic E-state index is 0.240. The van der Waals surface area contributed by atoms with Gasteiger partial charge in [-0.15, -0.1) is 0 Å². The van der Waals surface area contributed by atoms with Crippen LogP contribution in [0.4, 0.5) is 0 Å². The molecule has 0 aromatic rings. The van der Waals surface area contributed by atoms with E-state index in [0.717, 1.165) is 12.8 Å². The van der Waals surface area contributed by atoms with E-state index in [-0.39, 0.29) is 11.8 Å². The van der Waals surface area contributed by atoms with Crippen molar-refractivity contribution in [2.75, 3.05) is 7.05 Å². The van der Waals surface area contributed by atoms with Crippen LogP contribution in [0.3, 0.4) is 0 Å². The molecule has 2 nitrogen and oxygen atoms in total. The van der Waals surface area contributed by atoms with Crippen LogP contribution in [0, 0.1) is 5.92 Å². The summed E-state index contributed by atoms with van der Waals surface area (Å²) in [4.78, 5) is 11.6. The highest BCUT2D eigenvalue weighted by molar-refractivity contribution is 5.78. The highest BCUT2D eigenvalue weighted by Gasteiger charge is 2.15. The summed E-state index contributed by atoms with van der Waals surface area (Å²) in [6.45, 7) is 4.41. The van der Waals surface area contributed by atoms with Crippen molar-refractivity contribution in [3.05, 3.63) is 0 Å². The van der Waals surface area contributed by atoms with Gasteiger partial charge in [-0.05, 0) is 12.8 Å². The summed E-state index contributed by atoms with van der Waals surface area (Å²) >= 11 is 0. The van der Waals surface area contributed by atoms with Gasteiger partial charge >= 0.3 is 0 Å². The van der Waals surface area contributed by atoms with Gasteiger partial charge in [0.15, 0.2) is 0 Å². The fraction of sp³-hybridized carbons (Fsp3) is 0.929. The number of amides is 1. The Bertz CT molecular complexity index is 168. The predicted molar refractivity (Wildman–Crippen MR) is 70.5 cm³/mol. The Morgan fingerprint density at radius 2 is 1.50 bits per heavy atom. The Labute approximate surface area is 101 Å². The molecular weight excluding hydrogens is 198 g/mol. The summed E-state index contributed by atoms with van der Waals surface area (Å²) in [6.07, 6.45) is 10.9. The lowest BCUT2D eigenvalue weighted by Gasteiger charge is -2.14. The van der Waals surface area contributed by atoms with Crippen LogP contribution in [0.25, 0.3) is 0 Å². The van der Waals surface area contributed by atoms with Crippen molar-refractivity contribution in [1.82, 2.24) is 5.32 Å². The first kappa shape index (κ1) is 15.5. The largest absolute Gasteiger partial charge is 0.359 e. The minimum Gasteiger partial charge on any atom is -0.359 e. The summed E-state index contributed by atoms with van der Waals surface area (Å²) in [5.41, 5.74) is 0. The van der Waals surface area contributed by atoms with Gasteiger partial charge in [-0.1, -0.05) is 58.8 Å². The summed E-state index contributed by atoms with van der Waals surface area (Å²) in [7, 11) is 1.75. The van der Waals surface area contributed by atoms with E-state index in [1.807, 2.05) is 0 Å². The number of rotatable bonds is 10. The van der Waals surface area contributed by atoms with E-state index in [9.17, 15) is 4.79 Å². The summed E-state index contributed by atoms with van der Waals surface area (Å²) in [6, 6.07) is 0. The lowest BCUT2D eigenvalue weighted by atomic mass is 9.94. The maximum absolute atomic E-state index is 11.6. The molecule has 1 atom stereocenters. The van der Waals surface area contributed by atoms with E-state index < -0.39 is 0 Å². The normalized spacial score (nSPS) is 12.4. The van der Waals surface area contributed by atoms with Crippen molar-refractivity contribution in [3.8, 4) is 0 Å². The number of hydrogen-bond acceptors (Lipinski definition) is 1. The van der Waals surface area contributed by atoms with Gasteiger partial charge in [-0.3, -0.25) is 4.79 Å². The zero-order valence-corrected chi connectivity index (χ0v) is 11.3. The number of hydrogen-bond donors (Lipinski definition) is 1. The molecule has 0 rings (SSSR count). The second kappa shape index (κ2) is 11.0. The predicted octanol–water partition coefficient (Wildman–Crippen LogP) is 3.90. The third kappa shape index (κ3) is 7.72. The van der Waals surface area contributed by atoms with Crippen molar-refractivity contribution in [3.63, 3.8) is 0 Å². The van der Waals surface area contributed by atoms with E-state index in [1.54, 1.807) is 7.05 Å². The summed E-state index contributed by atoms with van der Waals surface area (Å²) < 4.78 is 0. The Kier molecular flexibility index (Phi) is 10.6. The molecular formula is C14H29NO. The van der Waals surface area contributed by atoms with Crippen LogP contribution in [0.15, 0.2) is 0 Å². The molecule has 0 heterocycles. The fourth-order valence-electron chi connectivity index (χ4n) is 2.06. The van der Waals surface area contributed by atoms with E-state index in [0.29, 0.717) is 0 Å². The molecule has 0 aromatic carbocycles. The van der Waals surface area contributed by atoms with Crippen LogP contribution in [0.1, 0.15) is 71.6 Å². The van der Waals surface area contributed by atoms with Crippen molar-refractivity contribution < 1.29 is 4.79 Å². The Morgan fingerprint density at radius 3 is 2.06 bits per heavy atom. The molecule has 0 saturated heterocycles. The minimum atomic E-state index is 0.240. The third-order valence-corrected chi connectivity index (χ3v) is 3.18. The van der Waals surface area contributed by atoms with Crippen LogP contribution in [-0.4, -0.2) is 13.0 Å². The van der Waals surface area contributed by atoms with Crippen molar-refractivity contribution >= 4 is 5.91 Å². The molecule has 1 N–H and O–H groups in total. The smallest absolute Gasteiger partial charge is 0.222 e. The molecule has 0 aliphatic heterocycles. The fourth-order valence-corrected chi connectivity index (χ4v) is 2.06. The van der Waals surface area contributed by atoms with Crippen molar-refractivity contribution in [2.45, 2.75) is 71.6 Å². The highest BCUT2D eigenvalue weighted by atomic mass is 16.1. The zero-order chi connectivity index (χ0) is 12.2. The standard InChI is InChI=1S/C14H29NO/c1-4-6-8-9-10-12-13(11-7-5-2)14(16)15-3/h13H,4-12H2,1-3H3,(H,15,16). The molecule has 96 valence electrons.